The number of likely N-dealkylation sites (tertiary alicyclic amines) is 2. The van der Waals surface area contributed by atoms with Crippen LogP contribution in [0.5, 0.6) is 0 Å². The zero-order chi connectivity index (χ0) is 12.1. The lowest BCUT2D eigenvalue weighted by Crippen LogP contribution is -2.46. The van der Waals surface area contributed by atoms with Crippen LogP contribution in [-0.2, 0) is 0 Å². The van der Waals surface area contributed by atoms with Crippen molar-refractivity contribution in [1.29, 1.82) is 0 Å². The number of hydrogen-bond acceptors (Lipinski definition) is 3. The molecule has 0 bridgehead atoms. The topological polar surface area (TPSA) is 32.5 Å². The molecule has 0 spiro atoms. The summed E-state index contributed by atoms with van der Waals surface area (Å²) in [5, 5.41) is 0. The van der Waals surface area contributed by atoms with Crippen molar-refractivity contribution in [3.63, 3.8) is 0 Å². The van der Waals surface area contributed by atoms with Crippen LogP contribution in [0.4, 0.5) is 0 Å². The third kappa shape index (κ3) is 3.70. The average molecular weight is 235 g/mol. The molecular formula is C14H25N3. The van der Waals surface area contributed by atoms with Gasteiger partial charge in [-0.05, 0) is 45.8 Å². The summed E-state index contributed by atoms with van der Waals surface area (Å²) in [7, 11) is 0. The van der Waals surface area contributed by atoms with Gasteiger partial charge in [0.25, 0.3) is 0 Å². The zero-order valence-corrected chi connectivity index (χ0v) is 11.0. The number of nitrogens with two attached hydrogens (primary N) is 1. The van der Waals surface area contributed by atoms with E-state index in [-0.39, 0.29) is 0 Å². The van der Waals surface area contributed by atoms with Gasteiger partial charge in [0.15, 0.2) is 0 Å². The van der Waals surface area contributed by atoms with Crippen LogP contribution in [-0.4, -0.2) is 54.6 Å². The fraction of sp³-hybridized carbons (Fsp3) is 0.857. The van der Waals surface area contributed by atoms with Crippen molar-refractivity contribution in [3.8, 4) is 11.8 Å². The molecule has 2 aliphatic rings. The van der Waals surface area contributed by atoms with Gasteiger partial charge in [0.1, 0.15) is 0 Å². The summed E-state index contributed by atoms with van der Waals surface area (Å²) in [4.78, 5) is 5.21. The molecule has 2 aliphatic heterocycles. The highest BCUT2D eigenvalue weighted by molar-refractivity contribution is 4.96. The molecule has 17 heavy (non-hydrogen) atoms. The summed E-state index contributed by atoms with van der Waals surface area (Å²) in [6.07, 6.45) is 4.71. The van der Waals surface area contributed by atoms with Gasteiger partial charge in [-0.2, -0.15) is 0 Å². The van der Waals surface area contributed by atoms with Crippen molar-refractivity contribution in [2.45, 2.75) is 44.7 Å². The van der Waals surface area contributed by atoms with E-state index in [1.54, 1.807) is 0 Å². The van der Waals surface area contributed by atoms with E-state index in [9.17, 15) is 0 Å². The summed E-state index contributed by atoms with van der Waals surface area (Å²) >= 11 is 0. The Morgan fingerprint density at radius 2 is 1.94 bits per heavy atom. The molecule has 1 atom stereocenters. The summed E-state index contributed by atoms with van der Waals surface area (Å²) in [5.74, 6) is 6.12. The standard InChI is InChI=1S/C14H25N3/c1-2-3-4-8-16-9-7-14(12-16)17-10-5-13(15)6-11-17/h13-14H,4-12,15H2,1H3. The van der Waals surface area contributed by atoms with E-state index in [1.807, 2.05) is 6.92 Å². The highest BCUT2D eigenvalue weighted by Crippen LogP contribution is 2.19. The highest BCUT2D eigenvalue weighted by Gasteiger charge is 2.29. The van der Waals surface area contributed by atoms with E-state index in [2.05, 4.69) is 21.6 Å². The SMILES string of the molecule is CC#CCCN1CCC(N2CCC(N)CC2)C1. The summed E-state index contributed by atoms with van der Waals surface area (Å²) in [5.41, 5.74) is 5.95. The monoisotopic (exact) mass is 235 g/mol. The van der Waals surface area contributed by atoms with E-state index >= 15 is 0 Å². The molecule has 2 heterocycles. The maximum atomic E-state index is 5.95. The molecule has 2 N–H and O–H groups in total. The number of hydrogen-bond donors (Lipinski definition) is 1. The molecule has 3 nitrogen and oxygen atoms in total. The smallest absolute Gasteiger partial charge is 0.0235 e. The van der Waals surface area contributed by atoms with Crippen LogP contribution < -0.4 is 5.73 Å². The molecule has 1 unspecified atom stereocenters. The van der Waals surface area contributed by atoms with Crippen molar-refractivity contribution in [2.75, 3.05) is 32.7 Å². The molecule has 96 valence electrons. The largest absolute Gasteiger partial charge is 0.328 e. The molecule has 0 amide bonds. The number of rotatable bonds is 3. The van der Waals surface area contributed by atoms with Crippen molar-refractivity contribution < 1.29 is 0 Å². The lowest BCUT2D eigenvalue weighted by Gasteiger charge is -2.34. The number of nitrogens with zero attached hydrogens (tertiary/aromatic N) is 2. The quantitative estimate of drug-likeness (QED) is 0.738. The Balaban J connectivity index is 1.71. The van der Waals surface area contributed by atoms with Gasteiger partial charge in [-0.15, -0.1) is 11.8 Å². The third-order valence-electron chi connectivity index (χ3n) is 4.07. The van der Waals surface area contributed by atoms with Crippen LogP contribution in [0.2, 0.25) is 0 Å². The molecular weight excluding hydrogens is 210 g/mol. The second-order valence-electron chi connectivity index (χ2n) is 5.29. The molecule has 0 aliphatic carbocycles. The summed E-state index contributed by atoms with van der Waals surface area (Å²) in [6.45, 7) is 7.95. The van der Waals surface area contributed by atoms with Crippen LogP contribution in [0, 0.1) is 11.8 Å². The van der Waals surface area contributed by atoms with Gasteiger partial charge in [0.2, 0.25) is 0 Å². The lowest BCUT2D eigenvalue weighted by atomic mass is 10.0. The van der Waals surface area contributed by atoms with E-state index < -0.39 is 0 Å². The van der Waals surface area contributed by atoms with E-state index in [0.29, 0.717) is 6.04 Å². The van der Waals surface area contributed by atoms with Gasteiger partial charge in [-0.25, -0.2) is 0 Å². The molecule has 0 radical (unpaired) electrons. The van der Waals surface area contributed by atoms with Crippen LogP contribution >= 0.6 is 0 Å². The lowest BCUT2D eigenvalue weighted by molar-refractivity contribution is 0.153. The first kappa shape index (κ1) is 12.9. The Hall–Kier alpha value is -0.560. The number of piperidine rings is 1. The van der Waals surface area contributed by atoms with Crippen LogP contribution in [0.15, 0.2) is 0 Å². The van der Waals surface area contributed by atoms with E-state index in [4.69, 9.17) is 5.73 Å². The summed E-state index contributed by atoms with van der Waals surface area (Å²) < 4.78 is 0. The Morgan fingerprint density at radius 1 is 1.18 bits per heavy atom. The maximum Gasteiger partial charge on any atom is 0.0235 e. The highest BCUT2D eigenvalue weighted by atomic mass is 15.3. The van der Waals surface area contributed by atoms with E-state index in [0.717, 1.165) is 19.0 Å². The maximum absolute atomic E-state index is 5.95. The molecule has 2 saturated heterocycles. The molecule has 2 rings (SSSR count). The van der Waals surface area contributed by atoms with Crippen molar-refractivity contribution in [1.82, 2.24) is 9.80 Å². The first-order chi connectivity index (χ1) is 8.29. The van der Waals surface area contributed by atoms with Gasteiger partial charge in [-0.1, -0.05) is 0 Å². The Bertz CT molecular complexity index is 284. The predicted octanol–water partition coefficient (Wildman–Crippen LogP) is 0.897. The van der Waals surface area contributed by atoms with Crippen LogP contribution in [0.25, 0.3) is 0 Å². The third-order valence-corrected chi connectivity index (χ3v) is 4.07. The molecule has 0 saturated carbocycles. The minimum Gasteiger partial charge on any atom is -0.328 e. The van der Waals surface area contributed by atoms with Crippen molar-refractivity contribution >= 4 is 0 Å². The fourth-order valence-corrected chi connectivity index (χ4v) is 2.94. The van der Waals surface area contributed by atoms with E-state index in [1.165, 1.54) is 45.4 Å². The normalized spacial score (nSPS) is 28.0. The van der Waals surface area contributed by atoms with Crippen LogP contribution in [0.1, 0.15) is 32.6 Å². The van der Waals surface area contributed by atoms with Gasteiger partial charge in [-0.3, -0.25) is 4.90 Å². The summed E-state index contributed by atoms with van der Waals surface area (Å²) in [6, 6.07) is 1.22. The van der Waals surface area contributed by atoms with Gasteiger partial charge in [0.05, 0.1) is 0 Å². The van der Waals surface area contributed by atoms with Gasteiger partial charge < -0.3 is 10.6 Å². The zero-order valence-electron chi connectivity index (χ0n) is 11.0. The predicted molar refractivity (Wildman–Crippen MR) is 71.7 cm³/mol. The molecule has 2 fully saturated rings. The molecule has 3 heteroatoms. The van der Waals surface area contributed by atoms with Gasteiger partial charge in [0, 0.05) is 31.6 Å². The second-order valence-corrected chi connectivity index (χ2v) is 5.29. The fourth-order valence-electron chi connectivity index (χ4n) is 2.94. The van der Waals surface area contributed by atoms with Crippen LogP contribution in [0.3, 0.4) is 0 Å². The van der Waals surface area contributed by atoms with Crippen molar-refractivity contribution in [3.05, 3.63) is 0 Å². The minimum atomic E-state index is 0.448. The Morgan fingerprint density at radius 3 is 2.65 bits per heavy atom. The first-order valence-electron chi connectivity index (χ1n) is 6.91. The first-order valence-corrected chi connectivity index (χ1v) is 6.91. The Labute approximate surface area is 105 Å². The van der Waals surface area contributed by atoms with Crippen molar-refractivity contribution in [2.24, 2.45) is 5.73 Å². The minimum absolute atomic E-state index is 0.448. The molecule has 0 aromatic rings. The molecule has 0 aromatic heterocycles. The molecule has 0 aromatic carbocycles. The van der Waals surface area contributed by atoms with Gasteiger partial charge >= 0.3 is 0 Å². The second kappa shape index (κ2) is 6.39. The average Bonchev–Trinajstić information content (AvgIpc) is 2.79. The Kier molecular flexibility index (Phi) is 4.85.